The smallest absolute Gasteiger partial charge is 0.407 e. The lowest BCUT2D eigenvalue weighted by atomic mass is 9.98. The number of methoxy groups -OCH3 is 1. The summed E-state index contributed by atoms with van der Waals surface area (Å²) >= 11 is 0. The average Bonchev–Trinajstić information content (AvgIpc) is 3.12. The van der Waals surface area contributed by atoms with Crippen LogP contribution in [0.1, 0.15) is 37.3 Å². The Balaban J connectivity index is 1.57. The maximum absolute atomic E-state index is 12.6. The molecule has 2 atom stereocenters. The molecule has 2 amide bonds. The van der Waals surface area contributed by atoms with Gasteiger partial charge in [0.25, 0.3) is 0 Å². The first-order chi connectivity index (χ1) is 15.8. The SMILES string of the molecule is COC(CCNC(=O)[C@@H](NC(=O)OCC1c2ccccc2-c2ccccc21)C(C)C)C(=O)O. The van der Waals surface area contributed by atoms with Crippen LogP contribution < -0.4 is 10.6 Å². The number of rotatable bonds is 10. The van der Waals surface area contributed by atoms with Crippen LogP contribution >= 0.6 is 0 Å². The number of carboxylic acid groups (broad SMARTS) is 1. The number of hydrogen-bond acceptors (Lipinski definition) is 5. The molecule has 33 heavy (non-hydrogen) atoms. The van der Waals surface area contributed by atoms with Crippen molar-refractivity contribution in [3.05, 3.63) is 59.7 Å². The number of carbonyl (C=O) groups excluding carboxylic acids is 2. The van der Waals surface area contributed by atoms with Crippen molar-refractivity contribution >= 4 is 18.0 Å². The number of benzene rings is 2. The van der Waals surface area contributed by atoms with Crippen LogP contribution in [-0.4, -0.2) is 55.5 Å². The molecule has 0 fully saturated rings. The number of carbonyl (C=O) groups is 3. The zero-order valence-corrected chi connectivity index (χ0v) is 19.0. The Bertz CT molecular complexity index is 960. The van der Waals surface area contributed by atoms with E-state index in [4.69, 9.17) is 14.6 Å². The summed E-state index contributed by atoms with van der Waals surface area (Å²) in [5, 5.41) is 14.3. The van der Waals surface area contributed by atoms with E-state index in [1.54, 1.807) is 0 Å². The number of amides is 2. The van der Waals surface area contributed by atoms with Gasteiger partial charge in [-0.05, 0) is 28.2 Å². The van der Waals surface area contributed by atoms with Gasteiger partial charge < -0.3 is 25.2 Å². The van der Waals surface area contributed by atoms with E-state index in [2.05, 4.69) is 22.8 Å². The van der Waals surface area contributed by atoms with Crippen LogP contribution in [-0.2, 0) is 19.1 Å². The lowest BCUT2D eigenvalue weighted by Gasteiger charge is -2.22. The Morgan fingerprint density at radius 2 is 1.58 bits per heavy atom. The molecule has 176 valence electrons. The van der Waals surface area contributed by atoms with Gasteiger partial charge >= 0.3 is 12.1 Å². The molecule has 0 aliphatic heterocycles. The number of alkyl carbamates (subject to hydrolysis) is 1. The molecule has 2 aromatic rings. The second-order valence-corrected chi connectivity index (χ2v) is 8.33. The highest BCUT2D eigenvalue weighted by molar-refractivity contribution is 5.86. The Morgan fingerprint density at radius 1 is 1.00 bits per heavy atom. The van der Waals surface area contributed by atoms with Crippen molar-refractivity contribution in [2.45, 2.75) is 38.3 Å². The molecule has 8 heteroatoms. The van der Waals surface area contributed by atoms with Gasteiger partial charge in [0.2, 0.25) is 5.91 Å². The summed E-state index contributed by atoms with van der Waals surface area (Å²) in [6.07, 6.45) is -1.56. The van der Waals surface area contributed by atoms with Crippen molar-refractivity contribution in [3.63, 3.8) is 0 Å². The molecule has 3 N–H and O–H groups in total. The first-order valence-electron chi connectivity index (χ1n) is 11.0. The Morgan fingerprint density at radius 3 is 2.09 bits per heavy atom. The third-order valence-corrected chi connectivity index (χ3v) is 5.83. The maximum atomic E-state index is 12.6. The minimum Gasteiger partial charge on any atom is -0.479 e. The number of ether oxygens (including phenoxy) is 2. The molecule has 0 saturated heterocycles. The van der Waals surface area contributed by atoms with E-state index in [1.165, 1.54) is 7.11 Å². The van der Waals surface area contributed by atoms with Gasteiger partial charge in [-0.3, -0.25) is 4.79 Å². The van der Waals surface area contributed by atoms with Gasteiger partial charge in [0, 0.05) is 26.0 Å². The Hall–Kier alpha value is -3.39. The number of nitrogens with one attached hydrogen (secondary N) is 2. The Labute approximate surface area is 193 Å². The van der Waals surface area contributed by atoms with Crippen LogP contribution in [0.25, 0.3) is 11.1 Å². The van der Waals surface area contributed by atoms with Gasteiger partial charge in [-0.25, -0.2) is 9.59 Å². The molecule has 0 heterocycles. The van der Waals surface area contributed by atoms with Gasteiger partial charge in [0.1, 0.15) is 12.6 Å². The predicted molar refractivity (Wildman–Crippen MR) is 123 cm³/mol. The monoisotopic (exact) mass is 454 g/mol. The summed E-state index contributed by atoms with van der Waals surface area (Å²) in [5.74, 6) is -1.76. The van der Waals surface area contributed by atoms with E-state index in [9.17, 15) is 14.4 Å². The summed E-state index contributed by atoms with van der Waals surface area (Å²) in [4.78, 5) is 36.1. The number of carboxylic acids is 1. The molecule has 8 nitrogen and oxygen atoms in total. The van der Waals surface area contributed by atoms with Crippen molar-refractivity contribution in [2.75, 3.05) is 20.3 Å². The molecule has 1 unspecified atom stereocenters. The van der Waals surface area contributed by atoms with Crippen LogP contribution in [0.15, 0.2) is 48.5 Å². The van der Waals surface area contributed by atoms with Crippen LogP contribution in [0.5, 0.6) is 0 Å². The molecular weight excluding hydrogens is 424 g/mol. The molecule has 2 aromatic carbocycles. The second kappa shape index (κ2) is 11.0. The topological polar surface area (TPSA) is 114 Å². The molecule has 0 bridgehead atoms. The number of fused-ring (bicyclic) bond motifs is 3. The second-order valence-electron chi connectivity index (χ2n) is 8.33. The van der Waals surface area contributed by atoms with E-state index in [0.29, 0.717) is 0 Å². The first-order valence-corrected chi connectivity index (χ1v) is 11.0. The van der Waals surface area contributed by atoms with Crippen molar-refractivity contribution in [1.29, 1.82) is 0 Å². The third-order valence-electron chi connectivity index (χ3n) is 5.83. The predicted octanol–water partition coefficient (Wildman–Crippen LogP) is 3.16. The molecule has 3 rings (SSSR count). The average molecular weight is 455 g/mol. The van der Waals surface area contributed by atoms with E-state index in [-0.39, 0.29) is 31.4 Å². The minimum absolute atomic E-state index is 0.0727. The highest BCUT2D eigenvalue weighted by Gasteiger charge is 2.30. The molecule has 0 saturated carbocycles. The zero-order chi connectivity index (χ0) is 24.0. The summed E-state index contributed by atoms with van der Waals surface area (Å²) in [5.41, 5.74) is 4.49. The maximum Gasteiger partial charge on any atom is 0.407 e. The quantitative estimate of drug-likeness (QED) is 0.508. The number of hydrogen-bond donors (Lipinski definition) is 3. The van der Waals surface area contributed by atoms with Gasteiger partial charge in [-0.2, -0.15) is 0 Å². The van der Waals surface area contributed by atoms with E-state index in [0.717, 1.165) is 22.3 Å². The van der Waals surface area contributed by atoms with Gasteiger partial charge in [-0.1, -0.05) is 62.4 Å². The zero-order valence-electron chi connectivity index (χ0n) is 19.0. The minimum atomic E-state index is -1.09. The van der Waals surface area contributed by atoms with Crippen molar-refractivity contribution < 1.29 is 29.0 Å². The molecule has 0 spiro atoms. The highest BCUT2D eigenvalue weighted by atomic mass is 16.5. The largest absolute Gasteiger partial charge is 0.479 e. The van der Waals surface area contributed by atoms with E-state index < -0.39 is 30.1 Å². The van der Waals surface area contributed by atoms with Crippen molar-refractivity contribution in [1.82, 2.24) is 10.6 Å². The van der Waals surface area contributed by atoms with Gasteiger partial charge in [0.15, 0.2) is 6.10 Å². The van der Waals surface area contributed by atoms with E-state index in [1.807, 2.05) is 50.2 Å². The van der Waals surface area contributed by atoms with Gasteiger partial charge in [-0.15, -0.1) is 0 Å². The van der Waals surface area contributed by atoms with Crippen molar-refractivity contribution in [2.24, 2.45) is 5.92 Å². The third kappa shape index (κ3) is 5.70. The standard InChI is InChI=1S/C25H30N2O6/c1-15(2)22(23(28)26-13-12-21(32-3)24(29)30)27-25(31)33-14-20-18-10-6-4-8-16(18)17-9-5-7-11-19(17)20/h4-11,15,20-22H,12-14H2,1-3H3,(H,26,28)(H,27,31)(H,29,30)/t21?,22-/m0/s1. The van der Waals surface area contributed by atoms with Crippen LogP contribution in [0, 0.1) is 5.92 Å². The fourth-order valence-electron chi connectivity index (χ4n) is 4.08. The normalized spacial score (nSPS) is 14.2. The summed E-state index contributed by atoms with van der Waals surface area (Å²) < 4.78 is 10.4. The number of aliphatic carboxylic acids is 1. The molecule has 1 aliphatic carbocycles. The molecule has 0 aromatic heterocycles. The summed E-state index contributed by atoms with van der Waals surface area (Å²) in [6.45, 7) is 3.88. The first kappa shape index (κ1) is 24.3. The highest BCUT2D eigenvalue weighted by Crippen LogP contribution is 2.44. The lowest BCUT2D eigenvalue weighted by Crippen LogP contribution is -2.50. The Kier molecular flexibility index (Phi) is 8.06. The fraction of sp³-hybridized carbons (Fsp3) is 0.400. The van der Waals surface area contributed by atoms with Gasteiger partial charge in [0.05, 0.1) is 0 Å². The van der Waals surface area contributed by atoms with Crippen LogP contribution in [0.3, 0.4) is 0 Å². The van der Waals surface area contributed by atoms with Crippen molar-refractivity contribution in [3.8, 4) is 11.1 Å². The molecule has 0 radical (unpaired) electrons. The fourth-order valence-corrected chi connectivity index (χ4v) is 4.08. The lowest BCUT2D eigenvalue weighted by molar-refractivity contribution is -0.149. The summed E-state index contributed by atoms with van der Waals surface area (Å²) in [6, 6.07) is 15.3. The summed E-state index contributed by atoms with van der Waals surface area (Å²) in [7, 11) is 1.30. The molecule has 1 aliphatic rings. The molecular formula is C25H30N2O6. The van der Waals surface area contributed by atoms with E-state index >= 15 is 0 Å². The van der Waals surface area contributed by atoms with Crippen LogP contribution in [0.4, 0.5) is 4.79 Å². The van der Waals surface area contributed by atoms with Crippen LogP contribution in [0.2, 0.25) is 0 Å².